The molecule has 0 unspecified atom stereocenters. The van der Waals surface area contributed by atoms with E-state index in [-0.39, 0.29) is 5.97 Å². The SMILES string of the molecule is CCCCCCCCOc1ccc(C(=O)Oc2ccc(CC(C)C)cc2)cc1. The van der Waals surface area contributed by atoms with Crippen LogP contribution in [-0.4, -0.2) is 12.6 Å². The first-order valence-corrected chi connectivity index (χ1v) is 10.6. The lowest BCUT2D eigenvalue weighted by Gasteiger charge is -2.09. The van der Waals surface area contributed by atoms with Crippen LogP contribution in [0, 0.1) is 5.92 Å². The maximum Gasteiger partial charge on any atom is 0.343 e. The van der Waals surface area contributed by atoms with Crippen LogP contribution in [0.5, 0.6) is 11.5 Å². The fraction of sp³-hybridized carbons (Fsp3) is 0.480. The van der Waals surface area contributed by atoms with Gasteiger partial charge in [0.05, 0.1) is 12.2 Å². The molecular formula is C25H34O3. The maximum absolute atomic E-state index is 12.3. The van der Waals surface area contributed by atoms with Gasteiger partial charge in [-0.2, -0.15) is 0 Å². The normalized spacial score (nSPS) is 10.9. The lowest BCUT2D eigenvalue weighted by Crippen LogP contribution is -2.08. The molecule has 0 saturated carbocycles. The minimum Gasteiger partial charge on any atom is -0.494 e. The fourth-order valence-electron chi connectivity index (χ4n) is 3.09. The van der Waals surface area contributed by atoms with Gasteiger partial charge in [-0.05, 0) is 60.7 Å². The lowest BCUT2D eigenvalue weighted by molar-refractivity contribution is 0.0734. The van der Waals surface area contributed by atoms with Crippen LogP contribution >= 0.6 is 0 Å². The number of carbonyl (C=O) groups is 1. The first-order valence-electron chi connectivity index (χ1n) is 10.6. The van der Waals surface area contributed by atoms with Crippen molar-refractivity contribution in [2.75, 3.05) is 6.61 Å². The van der Waals surface area contributed by atoms with Crippen LogP contribution in [0.1, 0.15) is 75.2 Å². The second-order valence-corrected chi connectivity index (χ2v) is 7.77. The molecule has 2 aromatic carbocycles. The number of unbranched alkanes of at least 4 members (excludes halogenated alkanes) is 5. The molecule has 152 valence electrons. The van der Waals surface area contributed by atoms with Gasteiger partial charge in [0.25, 0.3) is 0 Å². The van der Waals surface area contributed by atoms with Gasteiger partial charge in [-0.15, -0.1) is 0 Å². The largest absolute Gasteiger partial charge is 0.494 e. The third-order valence-electron chi connectivity index (χ3n) is 4.63. The molecule has 0 aromatic heterocycles. The summed E-state index contributed by atoms with van der Waals surface area (Å²) in [6, 6.07) is 14.9. The molecule has 0 bridgehead atoms. The van der Waals surface area contributed by atoms with Crippen LogP contribution in [0.15, 0.2) is 48.5 Å². The highest BCUT2D eigenvalue weighted by atomic mass is 16.5. The average Bonchev–Trinajstić information content (AvgIpc) is 2.69. The van der Waals surface area contributed by atoms with Crippen molar-refractivity contribution in [3.05, 3.63) is 59.7 Å². The van der Waals surface area contributed by atoms with Crippen molar-refractivity contribution >= 4 is 5.97 Å². The predicted molar refractivity (Wildman–Crippen MR) is 115 cm³/mol. The Kier molecular flexibility index (Phi) is 9.61. The van der Waals surface area contributed by atoms with Crippen molar-refractivity contribution in [2.24, 2.45) is 5.92 Å². The Morgan fingerprint density at radius 2 is 1.43 bits per heavy atom. The number of hydrogen-bond acceptors (Lipinski definition) is 3. The molecule has 0 fully saturated rings. The van der Waals surface area contributed by atoms with E-state index >= 15 is 0 Å². The van der Waals surface area contributed by atoms with Crippen molar-refractivity contribution in [1.29, 1.82) is 0 Å². The number of esters is 1. The second kappa shape index (κ2) is 12.2. The molecule has 0 heterocycles. The average molecular weight is 383 g/mol. The van der Waals surface area contributed by atoms with Gasteiger partial charge < -0.3 is 9.47 Å². The summed E-state index contributed by atoms with van der Waals surface area (Å²) >= 11 is 0. The summed E-state index contributed by atoms with van der Waals surface area (Å²) in [7, 11) is 0. The molecular weight excluding hydrogens is 348 g/mol. The Balaban J connectivity index is 1.75. The summed E-state index contributed by atoms with van der Waals surface area (Å²) in [5.41, 5.74) is 1.78. The first-order chi connectivity index (χ1) is 13.6. The molecule has 0 amide bonds. The highest BCUT2D eigenvalue weighted by molar-refractivity contribution is 5.91. The van der Waals surface area contributed by atoms with Gasteiger partial charge in [-0.25, -0.2) is 4.79 Å². The van der Waals surface area contributed by atoms with E-state index in [4.69, 9.17) is 9.47 Å². The number of benzene rings is 2. The standard InChI is InChI=1S/C25H34O3/c1-4-5-6-7-8-9-18-27-23-16-12-22(13-17-23)25(26)28-24-14-10-21(11-15-24)19-20(2)3/h10-17,20H,4-9,18-19H2,1-3H3. The topological polar surface area (TPSA) is 35.5 Å². The minimum atomic E-state index is -0.348. The Morgan fingerprint density at radius 1 is 0.821 bits per heavy atom. The molecule has 2 rings (SSSR count). The zero-order valence-electron chi connectivity index (χ0n) is 17.6. The highest BCUT2D eigenvalue weighted by Crippen LogP contribution is 2.18. The summed E-state index contributed by atoms with van der Waals surface area (Å²) < 4.78 is 11.2. The quantitative estimate of drug-likeness (QED) is 0.229. The molecule has 0 N–H and O–H groups in total. The fourth-order valence-corrected chi connectivity index (χ4v) is 3.09. The van der Waals surface area contributed by atoms with E-state index in [1.54, 1.807) is 12.1 Å². The van der Waals surface area contributed by atoms with Crippen LogP contribution in [0.3, 0.4) is 0 Å². The minimum absolute atomic E-state index is 0.348. The molecule has 0 spiro atoms. The Hall–Kier alpha value is -2.29. The molecule has 0 saturated heterocycles. The predicted octanol–water partition coefficient (Wildman–Crippen LogP) is 6.84. The first kappa shape index (κ1) is 22.0. The Morgan fingerprint density at radius 3 is 2.07 bits per heavy atom. The summed E-state index contributed by atoms with van der Waals surface area (Å²) in [6.45, 7) is 7.33. The number of carbonyl (C=O) groups excluding carboxylic acids is 1. The van der Waals surface area contributed by atoms with E-state index in [9.17, 15) is 4.79 Å². The van der Waals surface area contributed by atoms with Crippen LogP contribution in [-0.2, 0) is 6.42 Å². The monoisotopic (exact) mass is 382 g/mol. The van der Waals surface area contributed by atoms with Crippen molar-refractivity contribution in [1.82, 2.24) is 0 Å². The summed E-state index contributed by atoms with van der Waals surface area (Å²) in [6.07, 6.45) is 8.48. The Bertz CT molecular complexity index is 687. The van der Waals surface area contributed by atoms with Crippen molar-refractivity contribution < 1.29 is 14.3 Å². The van der Waals surface area contributed by atoms with E-state index in [1.165, 1.54) is 37.7 Å². The van der Waals surface area contributed by atoms with Crippen LogP contribution in [0.2, 0.25) is 0 Å². The molecule has 2 aromatic rings. The van der Waals surface area contributed by atoms with Gasteiger partial charge in [0.15, 0.2) is 0 Å². The zero-order chi connectivity index (χ0) is 20.2. The summed E-state index contributed by atoms with van der Waals surface area (Å²) in [4.78, 5) is 12.3. The van der Waals surface area contributed by atoms with Gasteiger partial charge in [0.2, 0.25) is 0 Å². The van der Waals surface area contributed by atoms with Crippen LogP contribution < -0.4 is 9.47 Å². The molecule has 0 aliphatic rings. The smallest absolute Gasteiger partial charge is 0.343 e. The molecule has 0 aliphatic heterocycles. The molecule has 3 nitrogen and oxygen atoms in total. The Labute approximate surface area is 170 Å². The van der Waals surface area contributed by atoms with Crippen LogP contribution in [0.25, 0.3) is 0 Å². The zero-order valence-corrected chi connectivity index (χ0v) is 17.6. The van der Waals surface area contributed by atoms with E-state index in [0.717, 1.165) is 25.2 Å². The maximum atomic E-state index is 12.3. The third kappa shape index (κ3) is 8.16. The molecule has 0 aliphatic carbocycles. The van der Waals surface area contributed by atoms with E-state index in [2.05, 4.69) is 20.8 Å². The van der Waals surface area contributed by atoms with E-state index in [1.807, 2.05) is 36.4 Å². The van der Waals surface area contributed by atoms with Crippen LogP contribution in [0.4, 0.5) is 0 Å². The number of hydrogen-bond donors (Lipinski definition) is 0. The molecule has 3 heteroatoms. The lowest BCUT2D eigenvalue weighted by atomic mass is 10.0. The van der Waals surface area contributed by atoms with Crippen molar-refractivity contribution in [2.45, 2.75) is 65.7 Å². The van der Waals surface area contributed by atoms with Gasteiger partial charge in [-0.1, -0.05) is 65.0 Å². The summed E-state index contributed by atoms with van der Waals surface area (Å²) in [5.74, 6) is 1.62. The van der Waals surface area contributed by atoms with Gasteiger partial charge in [0, 0.05) is 0 Å². The van der Waals surface area contributed by atoms with E-state index in [0.29, 0.717) is 17.2 Å². The number of rotatable bonds is 12. The summed E-state index contributed by atoms with van der Waals surface area (Å²) in [5, 5.41) is 0. The van der Waals surface area contributed by atoms with Crippen molar-refractivity contribution in [3.8, 4) is 11.5 Å². The third-order valence-corrected chi connectivity index (χ3v) is 4.63. The second-order valence-electron chi connectivity index (χ2n) is 7.77. The molecule has 28 heavy (non-hydrogen) atoms. The highest BCUT2D eigenvalue weighted by Gasteiger charge is 2.09. The van der Waals surface area contributed by atoms with Crippen molar-refractivity contribution in [3.63, 3.8) is 0 Å². The van der Waals surface area contributed by atoms with Gasteiger partial charge in [-0.3, -0.25) is 0 Å². The molecule has 0 atom stereocenters. The van der Waals surface area contributed by atoms with Gasteiger partial charge >= 0.3 is 5.97 Å². The van der Waals surface area contributed by atoms with E-state index < -0.39 is 0 Å². The number of ether oxygens (including phenoxy) is 2. The van der Waals surface area contributed by atoms with Gasteiger partial charge in [0.1, 0.15) is 11.5 Å². The molecule has 0 radical (unpaired) electrons.